The van der Waals surface area contributed by atoms with Crippen molar-refractivity contribution in [3.63, 3.8) is 0 Å². The molecule has 2 amide bonds. The predicted molar refractivity (Wildman–Crippen MR) is 109 cm³/mol. The van der Waals surface area contributed by atoms with E-state index in [2.05, 4.69) is 12.2 Å². The summed E-state index contributed by atoms with van der Waals surface area (Å²) in [5, 5.41) is 3.30. The van der Waals surface area contributed by atoms with Crippen molar-refractivity contribution in [1.82, 2.24) is 10.2 Å². The van der Waals surface area contributed by atoms with Crippen LogP contribution in [0.2, 0.25) is 0 Å². The normalized spacial score (nSPS) is 16.5. The predicted octanol–water partition coefficient (Wildman–Crippen LogP) is 2.64. The quantitative estimate of drug-likeness (QED) is 0.754. The molecular formula is C20H24N2O4S2. The van der Waals surface area contributed by atoms with Crippen LogP contribution in [0.5, 0.6) is 0 Å². The van der Waals surface area contributed by atoms with Gasteiger partial charge in [0.25, 0.3) is 0 Å². The van der Waals surface area contributed by atoms with Gasteiger partial charge in [-0.15, -0.1) is 11.3 Å². The van der Waals surface area contributed by atoms with E-state index in [0.29, 0.717) is 24.6 Å². The van der Waals surface area contributed by atoms with Gasteiger partial charge in [-0.2, -0.15) is 0 Å². The molecule has 2 heterocycles. The van der Waals surface area contributed by atoms with Crippen LogP contribution in [0.1, 0.15) is 30.6 Å². The summed E-state index contributed by atoms with van der Waals surface area (Å²) in [6, 6.07) is 12.0. The number of sulfone groups is 1. The zero-order valence-corrected chi connectivity index (χ0v) is 17.3. The molecular weight excluding hydrogens is 396 g/mol. The van der Waals surface area contributed by atoms with E-state index >= 15 is 0 Å². The first-order chi connectivity index (χ1) is 13.4. The second kappa shape index (κ2) is 8.87. The fraction of sp³-hybridized carbons (Fsp3) is 0.400. The highest BCUT2D eigenvalue weighted by atomic mass is 32.2. The maximum Gasteiger partial charge on any atom is 0.311 e. The van der Waals surface area contributed by atoms with E-state index in [9.17, 15) is 18.0 Å². The highest BCUT2D eigenvalue weighted by molar-refractivity contribution is 7.93. The van der Waals surface area contributed by atoms with Gasteiger partial charge in [0, 0.05) is 19.6 Å². The zero-order valence-electron chi connectivity index (χ0n) is 15.7. The lowest BCUT2D eigenvalue weighted by Gasteiger charge is -2.29. The molecule has 1 aliphatic rings. The maximum atomic E-state index is 13.1. The van der Waals surface area contributed by atoms with Gasteiger partial charge in [-0.1, -0.05) is 43.3 Å². The monoisotopic (exact) mass is 420 g/mol. The first kappa shape index (κ1) is 20.5. The molecule has 150 valence electrons. The molecule has 0 spiro atoms. The molecule has 1 saturated heterocycles. The van der Waals surface area contributed by atoms with Crippen LogP contribution in [0.25, 0.3) is 0 Å². The standard InChI is InChI=1S/C20H24N2O4S2/c1-15-9-11-22(12-10-15)20(24)19(23)21-14-17(16-6-3-2-4-7-16)28(25,26)18-8-5-13-27-18/h2-8,13,15,17H,9-12,14H2,1H3,(H,21,23)/t17-/m1/s1. The summed E-state index contributed by atoms with van der Waals surface area (Å²) in [5.74, 6) is -0.797. The number of nitrogens with zero attached hydrogens (tertiary/aromatic N) is 1. The van der Waals surface area contributed by atoms with Gasteiger partial charge >= 0.3 is 11.8 Å². The van der Waals surface area contributed by atoms with Crippen molar-refractivity contribution in [2.24, 2.45) is 5.92 Å². The van der Waals surface area contributed by atoms with Crippen LogP contribution in [-0.4, -0.2) is 44.8 Å². The van der Waals surface area contributed by atoms with Crippen LogP contribution in [0.3, 0.4) is 0 Å². The van der Waals surface area contributed by atoms with Crippen molar-refractivity contribution in [2.45, 2.75) is 29.2 Å². The average molecular weight is 421 g/mol. The summed E-state index contributed by atoms with van der Waals surface area (Å²) >= 11 is 1.14. The Morgan fingerprint density at radius 2 is 1.82 bits per heavy atom. The SMILES string of the molecule is CC1CCN(C(=O)C(=O)NC[C@H](c2ccccc2)S(=O)(=O)c2cccs2)CC1. The molecule has 1 fully saturated rings. The number of benzene rings is 1. The molecule has 28 heavy (non-hydrogen) atoms. The topological polar surface area (TPSA) is 83.6 Å². The zero-order chi connectivity index (χ0) is 20.1. The summed E-state index contributed by atoms with van der Waals surface area (Å²) in [4.78, 5) is 26.3. The van der Waals surface area contributed by atoms with Gasteiger partial charge in [-0.3, -0.25) is 9.59 Å². The van der Waals surface area contributed by atoms with Crippen molar-refractivity contribution < 1.29 is 18.0 Å². The smallest absolute Gasteiger partial charge is 0.311 e. The number of carbonyl (C=O) groups excluding carboxylic acids is 2. The minimum atomic E-state index is -3.69. The van der Waals surface area contributed by atoms with Crippen molar-refractivity contribution >= 4 is 33.0 Å². The van der Waals surface area contributed by atoms with Gasteiger partial charge in [-0.25, -0.2) is 8.42 Å². The molecule has 1 aliphatic heterocycles. The van der Waals surface area contributed by atoms with Gasteiger partial charge < -0.3 is 10.2 Å². The third kappa shape index (κ3) is 4.62. The molecule has 0 saturated carbocycles. The van der Waals surface area contributed by atoms with E-state index in [1.54, 1.807) is 52.7 Å². The third-order valence-electron chi connectivity index (χ3n) is 5.03. The Balaban J connectivity index is 1.74. The number of likely N-dealkylation sites (tertiary alicyclic amines) is 1. The minimum absolute atomic E-state index is 0.154. The Bertz CT molecular complexity index is 903. The van der Waals surface area contributed by atoms with E-state index in [1.165, 1.54) is 0 Å². The minimum Gasteiger partial charge on any atom is -0.346 e. The number of nitrogens with one attached hydrogen (secondary N) is 1. The number of piperidine rings is 1. The molecule has 0 bridgehead atoms. The molecule has 1 N–H and O–H groups in total. The van der Waals surface area contributed by atoms with Crippen LogP contribution >= 0.6 is 11.3 Å². The van der Waals surface area contributed by atoms with E-state index in [4.69, 9.17) is 0 Å². The maximum absolute atomic E-state index is 13.1. The van der Waals surface area contributed by atoms with Gasteiger partial charge in [0.1, 0.15) is 9.46 Å². The fourth-order valence-electron chi connectivity index (χ4n) is 3.26. The number of thiophene rings is 1. The van der Waals surface area contributed by atoms with Gasteiger partial charge in [0.15, 0.2) is 9.84 Å². The van der Waals surface area contributed by atoms with Crippen LogP contribution in [0, 0.1) is 5.92 Å². The molecule has 3 rings (SSSR count). The first-order valence-corrected chi connectivity index (χ1v) is 11.7. The van der Waals surface area contributed by atoms with Crippen molar-refractivity contribution in [3.05, 3.63) is 53.4 Å². The van der Waals surface area contributed by atoms with Crippen molar-refractivity contribution in [2.75, 3.05) is 19.6 Å². The van der Waals surface area contributed by atoms with E-state index in [-0.39, 0.29) is 10.8 Å². The summed E-state index contributed by atoms with van der Waals surface area (Å²) in [5.41, 5.74) is 0.579. The first-order valence-electron chi connectivity index (χ1n) is 9.29. The molecule has 1 aromatic carbocycles. The molecule has 1 aromatic heterocycles. The molecule has 2 aromatic rings. The van der Waals surface area contributed by atoms with Crippen LogP contribution in [0.15, 0.2) is 52.1 Å². The van der Waals surface area contributed by atoms with E-state index in [1.807, 2.05) is 0 Å². The number of carbonyl (C=O) groups is 2. The number of hydrogen-bond acceptors (Lipinski definition) is 5. The molecule has 0 unspecified atom stereocenters. The van der Waals surface area contributed by atoms with Crippen LogP contribution in [0.4, 0.5) is 0 Å². The van der Waals surface area contributed by atoms with Gasteiger partial charge in [0.2, 0.25) is 0 Å². The Morgan fingerprint density at radius 1 is 1.14 bits per heavy atom. The molecule has 6 nitrogen and oxygen atoms in total. The summed E-state index contributed by atoms with van der Waals surface area (Å²) in [6.07, 6.45) is 1.75. The number of rotatable bonds is 5. The molecule has 0 aliphatic carbocycles. The Hall–Kier alpha value is -2.19. The lowest BCUT2D eigenvalue weighted by Crippen LogP contribution is -2.47. The van der Waals surface area contributed by atoms with E-state index in [0.717, 1.165) is 24.2 Å². The van der Waals surface area contributed by atoms with Gasteiger partial charge in [-0.05, 0) is 35.8 Å². The highest BCUT2D eigenvalue weighted by Crippen LogP contribution is 2.31. The lowest BCUT2D eigenvalue weighted by molar-refractivity contribution is -0.146. The molecule has 0 radical (unpaired) electrons. The molecule has 1 atom stereocenters. The summed E-state index contributed by atoms with van der Waals surface area (Å²) < 4.78 is 26.4. The summed E-state index contributed by atoms with van der Waals surface area (Å²) in [6.45, 7) is 3.09. The van der Waals surface area contributed by atoms with Crippen LogP contribution < -0.4 is 5.32 Å². The summed E-state index contributed by atoms with van der Waals surface area (Å²) in [7, 11) is -3.69. The Labute approximate surface area is 169 Å². The Kier molecular flexibility index (Phi) is 6.51. The number of amides is 2. The van der Waals surface area contributed by atoms with Crippen molar-refractivity contribution in [1.29, 1.82) is 0 Å². The van der Waals surface area contributed by atoms with Gasteiger partial charge in [0.05, 0.1) is 0 Å². The number of hydrogen-bond donors (Lipinski definition) is 1. The van der Waals surface area contributed by atoms with E-state index < -0.39 is 26.9 Å². The average Bonchev–Trinajstić information content (AvgIpc) is 3.24. The Morgan fingerprint density at radius 3 is 2.43 bits per heavy atom. The third-order valence-corrected chi connectivity index (χ3v) is 8.57. The fourth-order valence-corrected chi connectivity index (χ4v) is 6.12. The second-order valence-corrected chi connectivity index (χ2v) is 10.4. The van der Waals surface area contributed by atoms with Crippen molar-refractivity contribution in [3.8, 4) is 0 Å². The highest BCUT2D eigenvalue weighted by Gasteiger charge is 2.32. The lowest BCUT2D eigenvalue weighted by atomic mass is 9.99. The second-order valence-electron chi connectivity index (χ2n) is 7.06. The van der Waals surface area contributed by atoms with Crippen LogP contribution in [-0.2, 0) is 19.4 Å². The largest absolute Gasteiger partial charge is 0.346 e. The molecule has 8 heteroatoms.